The van der Waals surface area contributed by atoms with Crippen molar-refractivity contribution in [3.05, 3.63) is 0 Å². The zero-order valence-electron chi connectivity index (χ0n) is 9.37. The summed E-state index contributed by atoms with van der Waals surface area (Å²) in [6.45, 7) is 2.56. The standard InChI is InChI=1S/C11H21NO3/c1-2-3-8-15-11(14)12-9-4-6-10(13)7-5-9/h9-10,13H,2-8H2,1H3,(H,12,14). The average Bonchev–Trinajstić information content (AvgIpc) is 2.22. The molecule has 1 aliphatic carbocycles. The largest absolute Gasteiger partial charge is 0.450 e. The molecule has 4 heteroatoms. The van der Waals surface area contributed by atoms with Crippen LogP contribution in [0.15, 0.2) is 0 Å². The first-order valence-corrected chi connectivity index (χ1v) is 5.83. The maximum Gasteiger partial charge on any atom is 0.407 e. The molecule has 0 aliphatic heterocycles. The molecule has 0 heterocycles. The van der Waals surface area contributed by atoms with E-state index >= 15 is 0 Å². The molecule has 0 saturated heterocycles. The summed E-state index contributed by atoms with van der Waals surface area (Å²) in [7, 11) is 0. The molecule has 0 aromatic carbocycles. The lowest BCUT2D eigenvalue weighted by atomic mass is 9.93. The van der Waals surface area contributed by atoms with Crippen molar-refractivity contribution >= 4 is 6.09 Å². The molecule has 2 N–H and O–H groups in total. The number of hydrogen-bond acceptors (Lipinski definition) is 3. The van der Waals surface area contributed by atoms with Crippen LogP contribution in [0.1, 0.15) is 45.4 Å². The molecular formula is C11H21NO3. The third-order valence-corrected chi connectivity index (χ3v) is 2.75. The van der Waals surface area contributed by atoms with Gasteiger partial charge in [-0.2, -0.15) is 0 Å². The Morgan fingerprint density at radius 1 is 1.40 bits per heavy atom. The fraction of sp³-hybridized carbons (Fsp3) is 0.909. The molecule has 1 fully saturated rings. The van der Waals surface area contributed by atoms with Gasteiger partial charge in [0.2, 0.25) is 0 Å². The Morgan fingerprint density at radius 3 is 2.67 bits per heavy atom. The van der Waals surface area contributed by atoms with Gasteiger partial charge in [0.05, 0.1) is 12.7 Å². The minimum absolute atomic E-state index is 0.181. The molecule has 0 atom stereocenters. The van der Waals surface area contributed by atoms with Gasteiger partial charge in [0.15, 0.2) is 0 Å². The molecule has 1 aliphatic rings. The van der Waals surface area contributed by atoms with Crippen LogP contribution in [0.3, 0.4) is 0 Å². The van der Waals surface area contributed by atoms with Crippen LogP contribution < -0.4 is 5.32 Å². The Balaban J connectivity index is 2.09. The van der Waals surface area contributed by atoms with Gasteiger partial charge in [0.1, 0.15) is 0 Å². The molecular weight excluding hydrogens is 194 g/mol. The molecule has 1 saturated carbocycles. The van der Waals surface area contributed by atoms with E-state index in [9.17, 15) is 9.90 Å². The molecule has 88 valence electrons. The van der Waals surface area contributed by atoms with E-state index < -0.39 is 0 Å². The van der Waals surface area contributed by atoms with E-state index in [1.54, 1.807) is 0 Å². The zero-order chi connectivity index (χ0) is 11.1. The fourth-order valence-electron chi connectivity index (χ4n) is 1.74. The highest BCUT2D eigenvalue weighted by atomic mass is 16.5. The number of amides is 1. The van der Waals surface area contributed by atoms with Gasteiger partial charge in [-0.1, -0.05) is 13.3 Å². The highest BCUT2D eigenvalue weighted by Gasteiger charge is 2.20. The summed E-state index contributed by atoms with van der Waals surface area (Å²) in [5, 5.41) is 12.1. The highest BCUT2D eigenvalue weighted by Crippen LogP contribution is 2.18. The molecule has 0 bridgehead atoms. The third-order valence-electron chi connectivity index (χ3n) is 2.75. The SMILES string of the molecule is CCCCOC(=O)NC1CCC(O)CC1. The minimum Gasteiger partial charge on any atom is -0.450 e. The topological polar surface area (TPSA) is 58.6 Å². The van der Waals surface area contributed by atoms with Crippen LogP contribution in [-0.2, 0) is 4.74 Å². The first-order valence-electron chi connectivity index (χ1n) is 5.83. The van der Waals surface area contributed by atoms with Gasteiger partial charge < -0.3 is 15.2 Å². The first kappa shape index (κ1) is 12.3. The van der Waals surface area contributed by atoms with E-state index in [1.165, 1.54) is 0 Å². The highest BCUT2D eigenvalue weighted by molar-refractivity contribution is 5.67. The minimum atomic E-state index is -0.315. The van der Waals surface area contributed by atoms with Crippen LogP contribution in [0.4, 0.5) is 4.79 Å². The molecule has 0 aromatic rings. The number of carbonyl (C=O) groups is 1. The van der Waals surface area contributed by atoms with E-state index in [0.29, 0.717) is 6.61 Å². The third kappa shape index (κ3) is 5.02. The smallest absolute Gasteiger partial charge is 0.407 e. The lowest BCUT2D eigenvalue weighted by Gasteiger charge is -2.25. The number of aliphatic hydroxyl groups excluding tert-OH is 1. The normalized spacial score (nSPS) is 26.0. The number of hydrogen-bond donors (Lipinski definition) is 2. The first-order chi connectivity index (χ1) is 7.22. The molecule has 0 radical (unpaired) electrons. The number of rotatable bonds is 4. The van der Waals surface area contributed by atoms with Crippen molar-refractivity contribution in [3.63, 3.8) is 0 Å². The van der Waals surface area contributed by atoms with E-state index in [4.69, 9.17) is 4.74 Å². The van der Waals surface area contributed by atoms with Crippen LogP contribution in [0.5, 0.6) is 0 Å². The Bertz CT molecular complexity index is 188. The van der Waals surface area contributed by atoms with Gasteiger partial charge >= 0.3 is 6.09 Å². The number of aliphatic hydroxyl groups is 1. The second-order valence-electron chi connectivity index (χ2n) is 4.14. The summed E-state index contributed by atoms with van der Waals surface area (Å²) >= 11 is 0. The van der Waals surface area contributed by atoms with Gasteiger partial charge in [-0.25, -0.2) is 4.79 Å². The predicted octanol–water partition coefficient (Wildman–Crippen LogP) is 1.82. The van der Waals surface area contributed by atoms with Gasteiger partial charge in [-0.05, 0) is 32.1 Å². The van der Waals surface area contributed by atoms with Crippen molar-refractivity contribution in [2.24, 2.45) is 0 Å². The van der Waals surface area contributed by atoms with Crippen LogP contribution in [0, 0.1) is 0 Å². The van der Waals surface area contributed by atoms with Crippen molar-refractivity contribution in [2.45, 2.75) is 57.6 Å². The molecule has 0 spiro atoms. The Kier molecular flexibility index (Phi) is 5.47. The van der Waals surface area contributed by atoms with Crippen molar-refractivity contribution in [1.29, 1.82) is 0 Å². The second-order valence-corrected chi connectivity index (χ2v) is 4.14. The summed E-state index contributed by atoms with van der Waals surface area (Å²) < 4.78 is 5.00. The van der Waals surface area contributed by atoms with Crippen LogP contribution in [-0.4, -0.2) is 30.0 Å². The van der Waals surface area contributed by atoms with Crippen molar-refractivity contribution in [1.82, 2.24) is 5.32 Å². The number of nitrogens with one attached hydrogen (secondary N) is 1. The summed E-state index contributed by atoms with van der Waals surface area (Å²) in [5.74, 6) is 0. The lowest BCUT2D eigenvalue weighted by Crippen LogP contribution is -2.38. The zero-order valence-corrected chi connectivity index (χ0v) is 9.37. The lowest BCUT2D eigenvalue weighted by molar-refractivity contribution is 0.106. The van der Waals surface area contributed by atoms with Gasteiger partial charge in [-0.3, -0.25) is 0 Å². The number of unbranched alkanes of at least 4 members (excludes halogenated alkanes) is 1. The number of ether oxygens (including phenoxy) is 1. The van der Waals surface area contributed by atoms with Crippen molar-refractivity contribution in [2.75, 3.05) is 6.61 Å². The molecule has 15 heavy (non-hydrogen) atoms. The van der Waals surface area contributed by atoms with Crippen molar-refractivity contribution in [3.8, 4) is 0 Å². The van der Waals surface area contributed by atoms with Crippen molar-refractivity contribution < 1.29 is 14.6 Å². The monoisotopic (exact) mass is 215 g/mol. The van der Waals surface area contributed by atoms with Crippen LogP contribution in [0.2, 0.25) is 0 Å². The van der Waals surface area contributed by atoms with E-state index in [-0.39, 0.29) is 18.2 Å². The predicted molar refractivity (Wildman–Crippen MR) is 57.7 cm³/mol. The molecule has 0 unspecified atom stereocenters. The number of carbonyl (C=O) groups excluding carboxylic acids is 1. The fourth-order valence-corrected chi connectivity index (χ4v) is 1.74. The molecule has 4 nitrogen and oxygen atoms in total. The quantitative estimate of drug-likeness (QED) is 0.703. The number of alkyl carbamates (subject to hydrolysis) is 1. The molecule has 1 amide bonds. The van der Waals surface area contributed by atoms with Crippen LogP contribution in [0.25, 0.3) is 0 Å². The van der Waals surface area contributed by atoms with Crippen LogP contribution >= 0.6 is 0 Å². The summed E-state index contributed by atoms with van der Waals surface area (Å²) in [6.07, 6.45) is 4.71. The average molecular weight is 215 g/mol. The van der Waals surface area contributed by atoms with Gasteiger partial charge in [0.25, 0.3) is 0 Å². The summed E-state index contributed by atoms with van der Waals surface area (Å²) in [5.41, 5.74) is 0. The summed E-state index contributed by atoms with van der Waals surface area (Å²) in [6, 6.07) is 0.183. The Hall–Kier alpha value is -0.770. The van der Waals surface area contributed by atoms with E-state index in [0.717, 1.165) is 38.5 Å². The van der Waals surface area contributed by atoms with Gasteiger partial charge in [0, 0.05) is 6.04 Å². The maximum atomic E-state index is 11.3. The van der Waals surface area contributed by atoms with E-state index in [1.807, 2.05) is 0 Å². The van der Waals surface area contributed by atoms with E-state index in [2.05, 4.69) is 12.2 Å². The molecule has 1 rings (SSSR count). The molecule has 0 aromatic heterocycles. The Labute approximate surface area is 91.0 Å². The maximum absolute atomic E-state index is 11.3. The van der Waals surface area contributed by atoms with Gasteiger partial charge in [-0.15, -0.1) is 0 Å². The second kappa shape index (κ2) is 6.67. The Morgan fingerprint density at radius 2 is 2.07 bits per heavy atom. The summed E-state index contributed by atoms with van der Waals surface area (Å²) in [4.78, 5) is 11.3.